The molecule has 0 amide bonds. The molecule has 0 saturated heterocycles. The zero-order valence-electron chi connectivity index (χ0n) is 9.74. The Morgan fingerprint density at radius 1 is 1.31 bits per heavy atom. The Balaban J connectivity index is 3.34. The maximum absolute atomic E-state index is 11.2. The molecule has 4 nitrogen and oxygen atoms in total. The van der Waals surface area contributed by atoms with Crippen molar-refractivity contribution in [2.24, 2.45) is 0 Å². The average Bonchev–Trinajstić information content (AvgIpc) is 2.27. The molecule has 0 aliphatic rings. The highest BCUT2D eigenvalue weighted by Crippen LogP contribution is 2.29. The Hall–Kier alpha value is -1.71. The zero-order chi connectivity index (χ0) is 12.1. The summed E-state index contributed by atoms with van der Waals surface area (Å²) >= 11 is 0. The van der Waals surface area contributed by atoms with E-state index in [1.54, 1.807) is 19.2 Å². The fourth-order valence-corrected chi connectivity index (χ4v) is 1.63. The quantitative estimate of drug-likeness (QED) is 0.834. The standard InChI is InChI=1S/C12H16O4/c1-4-5-8-6-9(15-2)7-10(16-3)11(8)12(13)14/h6-7H,4-5H2,1-3H3,(H,13,14). The van der Waals surface area contributed by atoms with Gasteiger partial charge in [-0.05, 0) is 18.1 Å². The molecule has 0 fully saturated rings. The van der Waals surface area contributed by atoms with E-state index in [1.165, 1.54) is 7.11 Å². The number of hydrogen-bond acceptors (Lipinski definition) is 3. The van der Waals surface area contributed by atoms with E-state index in [1.807, 2.05) is 6.92 Å². The van der Waals surface area contributed by atoms with Crippen LogP contribution < -0.4 is 9.47 Å². The van der Waals surface area contributed by atoms with Gasteiger partial charge in [0.15, 0.2) is 0 Å². The van der Waals surface area contributed by atoms with Gasteiger partial charge in [-0.2, -0.15) is 0 Å². The van der Waals surface area contributed by atoms with Crippen molar-refractivity contribution in [3.63, 3.8) is 0 Å². The van der Waals surface area contributed by atoms with Gasteiger partial charge in [0.2, 0.25) is 0 Å². The predicted octanol–water partition coefficient (Wildman–Crippen LogP) is 2.35. The fourth-order valence-electron chi connectivity index (χ4n) is 1.63. The minimum absolute atomic E-state index is 0.227. The molecule has 4 heteroatoms. The summed E-state index contributed by atoms with van der Waals surface area (Å²) in [6.45, 7) is 2.00. The molecule has 0 unspecified atom stereocenters. The van der Waals surface area contributed by atoms with Crippen molar-refractivity contribution in [2.75, 3.05) is 14.2 Å². The number of methoxy groups -OCH3 is 2. The summed E-state index contributed by atoms with van der Waals surface area (Å²) in [6, 6.07) is 3.33. The van der Waals surface area contributed by atoms with Crippen LogP contribution in [0.25, 0.3) is 0 Å². The average molecular weight is 224 g/mol. The molecule has 0 bridgehead atoms. The monoisotopic (exact) mass is 224 g/mol. The Labute approximate surface area is 94.8 Å². The van der Waals surface area contributed by atoms with Gasteiger partial charge in [0.05, 0.1) is 14.2 Å². The summed E-state index contributed by atoms with van der Waals surface area (Å²) in [5.41, 5.74) is 0.969. The van der Waals surface area contributed by atoms with E-state index in [9.17, 15) is 4.79 Å². The van der Waals surface area contributed by atoms with Crippen LogP contribution in [0.1, 0.15) is 29.3 Å². The molecule has 0 saturated carbocycles. The number of hydrogen-bond donors (Lipinski definition) is 1. The van der Waals surface area contributed by atoms with Crippen molar-refractivity contribution in [1.82, 2.24) is 0 Å². The predicted molar refractivity (Wildman–Crippen MR) is 60.5 cm³/mol. The third-order valence-electron chi connectivity index (χ3n) is 2.35. The van der Waals surface area contributed by atoms with E-state index in [-0.39, 0.29) is 5.56 Å². The van der Waals surface area contributed by atoms with Crippen LogP contribution in [0, 0.1) is 0 Å². The molecular weight excluding hydrogens is 208 g/mol. The highest BCUT2D eigenvalue weighted by atomic mass is 16.5. The lowest BCUT2D eigenvalue weighted by atomic mass is 10.0. The normalized spacial score (nSPS) is 9.94. The molecule has 0 aliphatic carbocycles. The largest absolute Gasteiger partial charge is 0.497 e. The van der Waals surface area contributed by atoms with Gasteiger partial charge in [-0.25, -0.2) is 4.79 Å². The number of ether oxygens (including phenoxy) is 2. The van der Waals surface area contributed by atoms with Gasteiger partial charge in [-0.15, -0.1) is 0 Å². The van der Waals surface area contributed by atoms with Crippen molar-refractivity contribution >= 4 is 5.97 Å². The van der Waals surface area contributed by atoms with Crippen molar-refractivity contribution in [2.45, 2.75) is 19.8 Å². The Morgan fingerprint density at radius 2 is 2.00 bits per heavy atom. The SMILES string of the molecule is CCCc1cc(OC)cc(OC)c1C(=O)O. The molecule has 88 valence electrons. The van der Waals surface area contributed by atoms with E-state index in [0.717, 1.165) is 12.0 Å². The van der Waals surface area contributed by atoms with Crippen LogP contribution in [0.2, 0.25) is 0 Å². The van der Waals surface area contributed by atoms with Crippen LogP contribution in [0.4, 0.5) is 0 Å². The van der Waals surface area contributed by atoms with Gasteiger partial charge in [-0.1, -0.05) is 13.3 Å². The first-order chi connectivity index (χ1) is 7.63. The molecule has 1 rings (SSSR count). The third kappa shape index (κ3) is 2.45. The van der Waals surface area contributed by atoms with Crippen molar-refractivity contribution in [1.29, 1.82) is 0 Å². The molecule has 0 heterocycles. The smallest absolute Gasteiger partial charge is 0.339 e. The van der Waals surface area contributed by atoms with Crippen LogP contribution in [0.5, 0.6) is 11.5 Å². The summed E-state index contributed by atoms with van der Waals surface area (Å²) in [5, 5.41) is 9.15. The number of aromatic carboxylic acids is 1. The molecule has 16 heavy (non-hydrogen) atoms. The minimum atomic E-state index is -0.969. The molecule has 1 aromatic carbocycles. The summed E-state index contributed by atoms with van der Waals surface area (Å²) in [7, 11) is 3.00. The first-order valence-corrected chi connectivity index (χ1v) is 5.12. The first-order valence-electron chi connectivity index (χ1n) is 5.12. The molecule has 0 aliphatic heterocycles. The van der Waals surface area contributed by atoms with Crippen LogP contribution in [-0.4, -0.2) is 25.3 Å². The van der Waals surface area contributed by atoms with Gasteiger partial charge >= 0.3 is 5.97 Å². The molecule has 1 N–H and O–H groups in total. The number of rotatable bonds is 5. The van der Waals surface area contributed by atoms with Gasteiger partial charge in [0, 0.05) is 6.07 Å². The van der Waals surface area contributed by atoms with Gasteiger partial charge in [0.25, 0.3) is 0 Å². The molecule has 0 aromatic heterocycles. The van der Waals surface area contributed by atoms with Crippen LogP contribution in [0.15, 0.2) is 12.1 Å². The van der Waals surface area contributed by atoms with E-state index in [0.29, 0.717) is 17.9 Å². The Kier molecular flexibility index (Phi) is 4.17. The second-order valence-electron chi connectivity index (χ2n) is 3.42. The van der Waals surface area contributed by atoms with Crippen LogP contribution in [0.3, 0.4) is 0 Å². The second-order valence-corrected chi connectivity index (χ2v) is 3.42. The second kappa shape index (κ2) is 5.39. The highest BCUT2D eigenvalue weighted by Gasteiger charge is 2.17. The lowest BCUT2D eigenvalue weighted by molar-refractivity contribution is 0.0692. The summed E-state index contributed by atoms with van der Waals surface area (Å²) in [6.07, 6.45) is 1.56. The molecule has 1 aromatic rings. The maximum atomic E-state index is 11.2. The van der Waals surface area contributed by atoms with Gasteiger partial charge < -0.3 is 14.6 Å². The fraction of sp³-hybridized carbons (Fsp3) is 0.417. The molecule has 0 atom stereocenters. The molecular formula is C12H16O4. The number of carbonyl (C=O) groups is 1. The number of benzene rings is 1. The number of aryl methyl sites for hydroxylation is 1. The topological polar surface area (TPSA) is 55.8 Å². The minimum Gasteiger partial charge on any atom is -0.497 e. The van der Waals surface area contributed by atoms with Crippen molar-refractivity contribution < 1.29 is 19.4 Å². The summed E-state index contributed by atoms with van der Waals surface area (Å²) in [4.78, 5) is 11.2. The lowest BCUT2D eigenvalue weighted by Crippen LogP contribution is -2.06. The molecule has 0 spiro atoms. The first kappa shape index (κ1) is 12.4. The van der Waals surface area contributed by atoms with Crippen LogP contribution >= 0.6 is 0 Å². The van der Waals surface area contributed by atoms with Crippen molar-refractivity contribution in [3.05, 3.63) is 23.3 Å². The number of carboxylic acids is 1. The van der Waals surface area contributed by atoms with E-state index >= 15 is 0 Å². The van der Waals surface area contributed by atoms with Crippen molar-refractivity contribution in [3.8, 4) is 11.5 Å². The lowest BCUT2D eigenvalue weighted by Gasteiger charge is -2.12. The van der Waals surface area contributed by atoms with Crippen LogP contribution in [-0.2, 0) is 6.42 Å². The van der Waals surface area contributed by atoms with E-state index in [4.69, 9.17) is 14.6 Å². The van der Waals surface area contributed by atoms with Gasteiger partial charge in [-0.3, -0.25) is 0 Å². The Bertz CT molecular complexity index is 385. The zero-order valence-corrected chi connectivity index (χ0v) is 9.74. The van der Waals surface area contributed by atoms with E-state index < -0.39 is 5.97 Å². The number of carboxylic acid groups (broad SMARTS) is 1. The Morgan fingerprint density at radius 3 is 2.44 bits per heavy atom. The maximum Gasteiger partial charge on any atom is 0.339 e. The summed E-state index contributed by atoms with van der Waals surface area (Å²) < 4.78 is 10.2. The van der Waals surface area contributed by atoms with Gasteiger partial charge in [0.1, 0.15) is 17.1 Å². The summed E-state index contributed by atoms with van der Waals surface area (Å²) in [5.74, 6) is -0.0106. The third-order valence-corrected chi connectivity index (χ3v) is 2.35. The highest BCUT2D eigenvalue weighted by molar-refractivity contribution is 5.93. The van der Waals surface area contributed by atoms with E-state index in [2.05, 4.69) is 0 Å². The molecule has 0 radical (unpaired) electrons.